The second-order valence-electron chi connectivity index (χ2n) is 8.95. The molecule has 2 amide bonds. The number of hydrogen-bond donors (Lipinski definition) is 4. The second-order valence-corrected chi connectivity index (χ2v) is 10.1. The molecule has 33 heavy (non-hydrogen) atoms. The minimum absolute atomic E-state index is 0.183. The van der Waals surface area contributed by atoms with Gasteiger partial charge in [0.15, 0.2) is 0 Å². The standard InChI is InChI=1S/C27H49N3O2S/c1-2-3-4-5-6-7-8-9-10-11-12-13-14-15-16-17-22-29-30-27(32)28-23-24-33-26-20-18-25(31)19-21-26/h18-21,29,31H,2-17,22-24H2,1H3,(H2,28,30,32). The Balaban J connectivity index is 1.74. The Kier molecular flexibility index (Phi) is 20.1. The van der Waals surface area contributed by atoms with Crippen LogP contribution in [-0.4, -0.2) is 30.0 Å². The fourth-order valence-corrected chi connectivity index (χ4v) is 4.59. The Morgan fingerprint density at radius 2 is 1.21 bits per heavy atom. The zero-order chi connectivity index (χ0) is 23.8. The quantitative estimate of drug-likeness (QED) is 0.0787. The molecule has 0 saturated heterocycles. The van der Waals surface area contributed by atoms with E-state index in [1.54, 1.807) is 23.9 Å². The molecule has 0 aliphatic heterocycles. The van der Waals surface area contributed by atoms with Gasteiger partial charge in [0.05, 0.1) is 0 Å². The van der Waals surface area contributed by atoms with Gasteiger partial charge < -0.3 is 10.4 Å². The van der Waals surface area contributed by atoms with Crippen molar-refractivity contribution in [2.24, 2.45) is 0 Å². The largest absolute Gasteiger partial charge is 0.508 e. The first-order valence-electron chi connectivity index (χ1n) is 13.4. The zero-order valence-electron chi connectivity index (χ0n) is 21.0. The molecule has 1 rings (SSSR count). The molecular formula is C27H49N3O2S. The summed E-state index contributed by atoms with van der Waals surface area (Å²) in [5.41, 5.74) is 5.70. The average Bonchev–Trinajstić information content (AvgIpc) is 2.82. The number of benzene rings is 1. The molecule has 0 radical (unpaired) electrons. The molecular weight excluding hydrogens is 430 g/mol. The maximum Gasteiger partial charge on any atom is 0.329 e. The van der Waals surface area contributed by atoms with Crippen LogP contribution in [0.25, 0.3) is 0 Å². The van der Waals surface area contributed by atoms with Gasteiger partial charge in [-0.1, -0.05) is 103 Å². The van der Waals surface area contributed by atoms with Crippen molar-refractivity contribution in [3.63, 3.8) is 0 Å². The first kappa shape index (κ1) is 29.6. The summed E-state index contributed by atoms with van der Waals surface area (Å²) in [5.74, 6) is 1.06. The Morgan fingerprint density at radius 3 is 1.73 bits per heavy atom. The number of urea groups is 1. The third-order valence-electron chi connectivity index (χ3n) is 5.85. The summed E-state index contributed by atoms with van der Waals surface area (Å²) in [4.78, 5) is 12.8. The molecule has 0 heterocycles. The summed E-state index contributed by atoms with van der Waals surface area (Å²) in [6, 6.07) is 6.91. The number of unbranched alkanes of at least 4 members (excludes halogenated alkanes) is 15. The van der Waals surface area contributed by atoms with Gasteiger partial charge in [-0.05, 0) is 30.7 Å². The molecule has 1 aromatic carbocycles. The highest BCUT2D eigenvalue weighted by atomic mass is 32.2. The third kappa shape index (κ3) is 19.7. The smallest absolute Gasteiger partial charge is 0.329 e. The molecule has 6 heteroatoms. The number of rotatable bonds is 22. The minimum atomic E-state index is -0.183. The SMILES string of the molecule is CCCCCCCCCCCCCCCCCCNNC(=O)NCCSc1ccc(O)cc1. The Morgan fingerprint density at radius 1 is 0.727 bits per heavy atom. The molecule has 4 N–H and O–H groups in total. The van der Waals surface area contributed by atoms with Gasteiger partial charge in [-0.25, -0.2) is 10.2 Å². The number of hydrazine groups is 1. The van der Waals surface area contributed by atoms with Gasteiger partial charge >= 0.3 is 6.03 Å². The van der Waals surface area contributed by atoms with Crippen molar-refractivity contribution in [2.45, 2.75) is 115 Å². The van der Waals surface area contributed by atoms with E-state index in [1.807, 2.05) is 12.1 Å². The molecule has 0 aliphatic carbocycles. The number of carbonyl (C=O) groups excluding carboxylic acids is 1. The Labute approximate surface area is 207 Å². The van der Waals surface area contributed by atoms with Crippen LogP contribution in [-0.2, 0) is 0 Å². The van der Waals surface area contributed by atoms with Crippen molar-refractivity contribution in [2.75, 3.05) is 18.8 Å². The lowest BCUT2D eigenvalue weighted by molar-refractivity contribution is 0.237. The maximum atomic E-state index is 11.7. The van der Waals surface area contributed by atoms with Crippen molar-refractivity contribution < 1.29 is 9.90 Å². The molecule has 190 valence electrons. The van der Waals surface area contributed by atoms with Gasteiger partial charge in [-0.15, -0.1) is 11.8 Å². The molecule has 0 fully saturated rings. The first-order chi connectivity index (χ1) is 16.2. The number of nitrogens with one attached hydrogen (secondary N) is 3. The van der Waals surface area contributed by atoms with Crippen LogP contribution < -0.4 is 16.2 Å². The van der Waals surface area contributed by atoms with E-state index in [0.717, 1.165) is 23.6 Å². The fourth-order valence-electron chi connectivity index (χ4n) is 3.82. The number of hydrogen-bond acceptors (Lipinski definition) is 4. The van der Waals surface area contributed by atoms with Gasteiger partial charge in [0, 0.05) is 23.7 Å². The molecule has 0 bridgehead atoms. The maximum absolute atomic E-state index is 11.7. The molecule has 0 unspecified atom stereocenters. The van der Waals surface area contributed by atoms with Gasteiger partial charge in [0.25, 0.3) is 0 Å². The summed E-state index contributed by atoms with van der Waals surface area (Å²) >= 11 is 1.65. The number of aromatic hydroxyl groups is 1. The minimum Gasteiger partial charge on any atom is -0.508 e. The van der Waals surface area contributed by atoms with Gasteiger partial charge in [0.1, 0.15) is 5.75 Å². The van der Waals surface area contributed by atoms with Gasteiger partial charge in [-0.2, -0.15) is 0 Å². The summed E-state index contributed by atoms with van der Waals surface area (Å²) in [6.45, 7) is 3.69. The number of amides is 2. The van der Waals surface area contributed by atoms with E-state index < -0.39 is 0 Å². The lowest BCUT2D eigenvalue weighted by Gasteiger charge is -2.09. The van der Waals surface area contributed by atoms with Crippen molar-refractivity contribution >= 4 is 17.8 Å². The summed E-state index contributed by atoms with van der Waals surface area (Å²) in [5, 5.41) is 12.1. The lowest BCUT2D eigenvalue weighted by Crippen LogP contribution is -2.45. The second kappa shape index (κ2) is 22.4. The van der Waals surface area contributed by atoms with E-state index in [-0.39, 0.29) is 11.8 Å². The summed E-state index contributed by atoms with van der Waals surface area (Å²) in [6.07, 6.45) is 21.9. The van der Waals surface area contributed by atoms with Crippen LogP contribution in [0.3, 0.4) is 0 Å². The highest BCUT2D eigenvalue weighted by Crippen LogP contribution is 2.20. The average molecular weight is 480 g/mol. The van der Waals surface area contributed by atoms with E-state index in [2.05, 4.69) is 23.1 Å². The van der Waals surface area contributed by atoms with Gasteiger partial charge in [0.2, 0.25) is 0 Å². The molecule has 0 spiro atoms. The summed E-state index contributed by atoms with van der Waals surface area (Å²) < 4.78 is 0. The van der Waals surface area contributed by atoms with Crippen LogP contribution in [0.5, 0.6) is 5.75 Å². The number of phenols is 1. The lowest BCUT2D eigenvalue weighted by atomic mass is 10.0. The molecule has 0 atom stereocenters. The van der Waals surface area contributed by atoms with Crippen LogP contribution in [0.1, 0.15) is 110 Å². The third-order valence-corrected chi connectivity index (χ3v) is 6.86. The number of carbonyl (C=O) groups is 1. The molecule has 5 nitrogen and oxygen atoms in total. The van der Waals surface area contributed by atoms with E-state index in [4.69, 9.17) is 0 Å². The van der Waals surface area contributed by atoms with E-state index in [9.17, 15) is 9.90 Å². The zero-order valence-corrected chi connectivity index (χ0v) is 21.8. The normalized spacial score (nSPS) is 10.9. The molecule has 1 aromatic rings. The predicted molar refractivity (Wildman–Crippen MR) is 143 cm³/mol. The van der Waals surface area contributed by atoms with Crippen molar-refractivity contribution in [3.8, 4) is 5.75 Å². The number of phenolic OH excluding ortho intramolecular Hbond substituents is 1. The van der Waals surface area contributed by atoms with E-state index in [0.29, 0.717) is 6.54 Å². The van der Waals surface area contributed by atoms with Crippen LogP contribution in [0.15, 0.2) is 29.2 Å². The van der Waals surface area contributed by atoms with Crippen LogP contribution in [0.4, 0.5) is 4.79 Å². The topological polar surface area (TPSA) is 73.4 Å². The fraction of sp³-hybridized carbons (Fsp3) is 0.741. The Hall–Kier alpha value is -1.40. The predicted octanol–water partition coefficient (Wildman–Crippen LogP) is 7.55. The highest BCUT2D eigenvalue weighted by molar-refractivity contribution is 7.99. The monoisotopic (exact) mass is 479 g/mol. The highest BCUT2D eigenvalue weighted by Gasteiger charge is 2.00. The van der Waals surface area contributed by atoms with Gasteiger partial charge in [-0.3, -0.25) is 5.43 Å². The van der Waals surface area contributed by atoms with Crippen LogP contribution >= 0.6 is 11.8 Å². The van der Waals surface area contributed by atoms with Crippen LogP contribution in [0.2, 0.25) is 0 Å². The summed E-state index contributed by atoms with van der Waals surface area (Å²) in [7, 11) is 0. The molecule has 0 saturated carbocycles. The van der Waals surface area contributed by atoms with Crippen molar-refractivity contribution in [3.05, 3.63) is 24.3 Å². The van der Waals surface area contributed by atoms with Crippen LogP contribution in [0, 0.1) is 0 Å². The first-order valence-corrected chi connectivity index (χ1v) is 14.4. The molecule has 0 aliphatic rings. The molecule has 0 aromatic heterocycles. The van der Waals surface area contributed by atoms with E-state index in [1.165, 1.54) is 96.3 Å². The number of thioether (sulfide) groups is 1. The van der Waals surface area contributed by atoms with Crippen molar-refractivity contribution in [1.82, 2.24) is 16.2 Å². The van der Waals surface area contributed by atoms with Crippen molar-refractivity contribution in [1.29, 1.82) is 0 Å². The Bertz CT molecular complexity index is 569. The van der Waals surface area contributed by atoms with E-state index >= 15 is 0 Å².